The second-order valence-corrected chi connectivity index (χ2v) is 6.42. The Morgan fingerprint density at radius 1 is 1.47 bits per heavy atom. The molecular weight excluding hydrogens is 326 g/mol. The van der Waals surface area contributed by atoms with Crippen LogP contribution < -0.4 is 10.1 Å². The van der Waals surface area contributed by atoms with Gasteiger partial charge in [0.05, 0.1) is 11.6 Å². The lowest BCUT2D eigenvalue weighted by atomic mass is 9.77. The highest BCUT2D eigenvalue weighted by Gasteiger charge is 2.30. The summed E-state index contributed by atoms with van der Waals surface area (Å²) in [4.78, 5) is 0. The molecular formula is C15H21BrClNO. The Labute approximate surface area is 129 Å². The van der Waals surface area contributed by atoms with E-state index in [4.69, 9.17) is 16.3 Å². The van der Waals surface area contributed by atoms with Gasteiger partial charge in [-0.15, -0.1) is 0 Å². The number of halogens is 2. The van der Waals surface area contributed by atoms with Gasteiger partial charge >= 0.3 is 0 Å². The molecule has 0 spiro atoms. The summed E-state index contributed by atoms with van der Waals surface area (Å²) in [6.07, 6.45) is 5.04. The predicted molar refractivity (Wildman–Crippen MR) is 84.1 cm³/mol. The molecule has 2 rings (SSSR count). The van der Waals surface area contributed by atoms with Crippen molar-refractivity contribution in [3.8, 4) is 5.75 Å². The molecule has 0 bridgehead atoms. The zero-order valence-corrected chi connectivity index (χ0v) is 13.9. The highest BCUT2D eigenvalue weighted by molar-refractivity contribution is 9.10. The van der Waals surface area contributed by atoms with E-state index in [0.717, 1.165) is 28.2 Å². The van der Waals surface area contributed by atoms with Gasteiger partial charge in [0.2, 0.25) is 0 Å². The maximum absolute atomic E-state index is 6.21. The third-order valence-electron chi connectivity index (χ3n) is 3.81. The summed E-state index contributed by atoms with van der Waals surface area (Å²) in [5.74, 6) is 1.61. The largest absolute Gasteiger partial charge is 0.495 e. The zero-order chi connectivity index (χ0) is 13.8. The molecule has 1 aliphatic rings. The fourth-order valence-electron chi connectivity index (χ4n) is 2.63. The van der Waals surface area contributed by atoms with Crippen LogP contribution in [0.25, 0.3) is 0 Å². The van der Waals surface area contributed by atoms with Crippen LogP contribution in [0.15, 0.2) is 16.6 Å². The first-order valence-electron chi connectivity index (χ1n) is 6.93. The summed E-state index contributed by atoms with van der Waals surface area (Å²) < 4.78 is 6.50. The van der Waals surface area contributed by atoms with Crippen molar-refractivity contribution in [2.24, 2.45) is 5.92 Å². The van der Waals surface area contributed by atoms with E-state index < -0.39 is 0 Å². The van der Waals surface area contributed by atoms with Gasteiger partial charge in [-0.25, -0.2) is 0 Å². The third-order valence-corrected chi connectivity index (χ3v) is 4.62. The fourth-order valence-corrected chi connectivity index (χ4v) is 3.63. The molecule has 0 aromatic heterocycles. The summed E-state index contributed by atoms with van der Waals surface area (Å²) in [6.45, 7) is 3.21. The number of hydrogen-bond acceptors (Lipinski definition) is 2. The Kier molecular flexibility index (Phi) is 5.55. The first-order chi connectivity index (χ1) is 9.17. The van der Waals surface area contributed by atoms with Crippen LogP contribution >= 0.6 is 27.5 Å². The van der Waals surface area contributed by atoms with Crippen LogP contribution in [0.4, 0.5) is 0 Å². The average Bonchev–Trinajstić information content (AvgIpc) is 2.31. The summed E-state index contributed by atoms with van der Waals surface area (Å²) in [5, 5.41) is 4.41. The van der Waals surface area contributed by atoms with E-state index in [0.29, 0.717) is 12.0 Å². The van der Waals surface area contributed by atoms with Gasteiger partial charge in [-0.1, -0.05) is 24.9 Å². The number of ether oxygens (including phenoxy) is 1. The summed E-state index contributed by atoms with van der Waals surface area (Å²) in [5.41, 5.74) is 1.18. The van der Waals surface area contributed by atoms with Crippen LogP contribution in [0, 0.1) is 5.92 Å². The highest BCUT2D eigenvalue weighted by Crippen LogP contribution is 2.44. The molecule has 0 heterocycles. The summed E-state index contributed by atoms with van der Waals surface area (Å²) in [7, 11) is 1.72. The molecule has 1 N–H and O–H groups in total. The number of methoxy groups -OCH3 is 1. The summed E-state index contributed by atoms with van der Waals surface area (Å²) in [6, 6.07) is 4.27. The Balaban J connectivity index is 2.33. The number of benzene rings is 1. The van der Waals surface area contributed by atoms with Crippen LogP contribution in [0.3, 0.4) is 0 Å². The van der Waals surface area contributed by atoms with E-state index in [1.165, 1.54) is 24.8 Å². The van der Waals surface area contributed by atoms with Crippen molar-refractivity contribution in [3.05, 3.63) is 27.2 Å². The van der Waals surface area contributed by atoms with Gasteiger partial charge in [-0.2, -0.15) is 0 Å². The first-order valence-corrected chi connectivity index (χ1v) is 8.10. The molecule has 106 valence electrons. The Morgan fingerprint density at radius 3 is 2.74 bits per heavy atom. The molecule has 0 radical (unpaired) electrons. The van der Waals surface area contributed by atoms with Crippen molar-refractivity contribution >= 4 is 27.5 Å². The van der Waals surface area contributed by atoms with Crippen LogP contribution in [0.5, 0.6) is 5.75 Å². The normalized spacial score (nSPS) is 17.1. The Hall–Kier alpha value is -0.250. The minimum atomic E-state index is 0.346. The molecule has 1 unspecified atom stereocenters. The fraction of sp³-hybridized carbons (Fsp3) is 0.600. The van der Waals surface area contributed by atoms with E-state index in [1.54, 1.807) is 7.11 Å². The van der Waals surface area contributed by atoms with Gasteiger partial charge in [0.1, 0.15) is 5.75 Å². The molecule has 0 saturated heterocycles. The maximum Gasteiger partial charge on any atom is 0.137 e. The molecule has 19 heavy (non-hydrogen) atoms. The zero-order valence-electron chi connectivity index (χ0n) is 11.5. The average molecular weight is 347 g/mol. The first kappa shape index (κ1) is 15.1. The molecule has 2 nitrogen and oxygen atoms in total. The van der Waals surface area contributed by atoms with E-state index in [1.807, 2.05) is 12.1 Å². The monoisotopic (exact) mass is 345 g/mol. The predicted octanol–water partition coefficient (Wildman–Crippen LogP) is 4.95. The van der Waals surface area contributed by atoms with E-state index in [-0.39, 0.29) is 0 Å². The lowest BCUT2D eigenvalue weighted by molar-refractivity contribution is 0.226. The lowest BCUT2D eigenvalue weighted by Crippen LogP contribution is -2.33. The van der Waals surface area contributed by atoms with Crippen LogP contribution in [0.1, 0.15) is 44.2 Å². The molecule has 1 aliphatic carbocycles. The van der Waals surface area contributed by atoms with Gasteiger partial charge in [-0.05, 0) is 59.8 Å². The quantitative estimate of drug-likeness (QED) is 0.786. The van der Waals surface area contributed by atoms with Crippen LogP contribution in [-0.4, -0.2) is 13.7 Å². The minimum Gasteiger partial charge on any atom is -0.495 e. The topological polar surface area (TPSA) is 21.3 Å². The van der Waals surface area contributed by atoms with Gasteiger partial charge in [0.15, 0.2) is 0 Å². The number of nitrogens with one attached hydrogen (secondary N) is 1. The van der Waals surface area contributed by atoms with Gasteiger partial charge in [-0.3, -0.25) is 0 Å². The van der Waals surface area contributed by atoms with Crippen molar-refractivity contribution < 1.29 is 4.74 Å². The third kappa shape index (κ3) is 3.45. The van der Waals surface area contributed by atoms with Gasteiger partial charge in [0, 0.05) is 16.6 Å². The number of rotatable bonds is 6. The molecule has 1 aromatic rings. The molecule has 4 heteroatoms. The van der Waals surface area contributed by atoms with Crippen molar-refractivity contribution in [2.45, 2.75) is 38.6 Å². The van der Waals surface area contributed by atoms with E-state index in [9.17, 15) is 0 Å². The molecule has 1 atom stereocenters. The molecule has 0 amide bonds. The van der Waals surface area contributed by atoms with E-state index in [2.05, 4.69) is 28.2 Å². The second kappa shape index (κ2) is 6.96. The van der Waals surface area contributed by atoms with Crippen molar-refractivity contribution in [1.82, 2.24) is 5.32 Å². The van der Waals surface area contributed by atoms with Gasteiger partial charge in [0.25, 0.3) is 0 Å². The number of hydrogen-bond donors (Lipinski definition) is 1. The van der Waals surface area contributed by atoms with Crippen molar-refractivity contribution in [3.63, 3.8) is 0 Å². The minimum absolute atomic E-state index is 0.346. The lowest BCUT2D eigenvalue weighted by Gasteiger charge is -2.35. The van der Waals surface area contributed by atoms with Crippen LogP contribution in [-0.2, 0) is 0 Å². The Bertz CT molecular complexity index is 434. The smallest absolute Gasteiger partial charge is 0.137 e. The molecule has 1 saturated carbocycles. The SMILES string of the molecule is CCCNC(c1cc(Cl)cc(Br)c1OC)C1CCC1. The van der Waals surface area contributed by atoms with Crippen LogP contribution in [0.2, 0.25) is 5.02 Å². The van der Waals surface area contributed by atoms with Crippen molar-refractivity contribution in [2.75, 3.05) is 13.7 Å². The second-order valence-electron chi connectivity index (χ2n) is 5.13. The van der Waals surface area contributed by atoms with Crippen molar-refractivity contribution in [1.29, 1.82) is 0 Å². The molecule has 0 aliphatic heterocycles. The molecule has 1 fully saturated rings. The highest BCUT2D eigenvalue weighted by atomic mass is 79.9. The Morgan fingerprint density at radius 2 is 2.21 bits per heavy atom. The standard InChI is InChI=1S/C15H21BrClNO/c1-3-7-18-14(10-5-4-6-10)12-8-11(17)9-13(16)15(12)19-2/h8-10,14,18H,3-7H2,1-2H3. The maximum atomic E-state index is 6.21. The summed E-state index contributed by atoms with van der Waals surface area (Å²) >= 11 is 9.76. The van der Waals surface area contributed by atoms with Gasteiger partial charge < -0.3 is 10.1 Å². The van der Waals surface area contributed by atoms with E-state index >= 15 is 0 Å². The molecule has 1 aromatic carbocycles.